The Morgan fingerprint density at radius 3 is 2.54 bits per heavy atom. The summed E-state index contributed by atoms with van der Waals surface area (Å²) in [6, 6.07) is 7.82. The normalized spacial score (nSPS) is 25.9. The molecule has 2 fully saturated rings. The van der Waals surface area contributed by atoms with E-state index in [1.54, 1.807) is 12.1 Å². The highest BCUT2D eigenvalue weighted by Gasteiger charge is 2.49. The first-order valence-corrected chi connectivity index (χ1v) is 8.30. The van der Waals surface area contributed by atoms with Gasteiger partial charge in [0.2, 0.25) is 0 Å². The molecule has 7 heteroatoms. The van der Waals surface area contributed by atoms with Crippen LogP contribution in [-0.4, -0.2) is 30.3 Å². The van der Waals surface area contributed by atoms with Crippen LogP contribution in [0.15, 0.2) is 35.0 Å². The number of fused-ring (bicyclic) bond motifs is 1. The molecule has 24 heavy (non-hydrogen) atoms. The third kappa shape index (κ3) is 3.05. The predicted molar refractivity (Wildman–Crippen MR) is 94.1 cm³/mol. The second-order valence-corrected chi connectivity index (χ2v) is 6.78. The molecule has 3 rings (SSSR count). The van der Waals surface area contributed by atoms with Crippen LogP contribution in [0.4, 0.5) is 5.69 Å². The number of carbonyl (C=O) groups excluding carboxylic acids is 1. The maximum atomic E-state index is 12.1. The molecule has 1 aromatic carbocycles. The smallest absolute Gasteiger partial charge is 0.275 e. The van der Waals surface area contributed by atoms with E-state index < -0.39 is 5.91 Å². The highest BCUT2D eigenvalue weighted by molar-refractivity contribution is 6.60. The van der Waals surface area contributed by atoms with Gasteiger partial charge in [0.1, 0.15) is 11.8 Å². The molecule has 5 N–H and O–H groups in total. The number of hydrogen-bond acceptors (Lipinski definition) is 5. The summed E-state index contributed by atoms with van der Waals surface area (Å²) in [5.41, 5.74) is 7.46. The summed E-state index contributed by atoms with van der Waals surface area (Å²) in [7, 11) is 0. The van der Waals surface area contributed by atoms with E-state index in [0.29, 0.717) is 23.5 Å². The maximum Gasteiger partial charge on any atom is 0.275 e. The molecule has 0 spiro atoms. The fourth-order valence-electron chi connectivity index (χ4n) is 2.70. The van der Waals surface area contributed by atoms with Crippen LogP contribution < -0.4 is 16.4 Å². The van der Waals surface area contributed by atoms with Crippen molar-refractivity contribution < 1.29 is 9.53 Å². The van der Waals surface area contributed by atoms with E-state index in [1.165, 1.54) is 0 Å². The fourth-order valence-corrected chi connectivity index (χ4v) is 3.01. The molecule has 0 bridgehead atoms. The zero-order valence-corrected chi connectivity index (χ0v) is 14.4. The van der Waals surface area contributed by atoms with Crippen LogP contribution in [0.2, 0.25) is 0 Å². The summed E-state index contributed by atoms with van der Waals surface area (Å²) >= 11 is 6.01. The van der Waals surface area contributed by atoms with Crippen molar-refractivity contribution in [3.8, 4) is 0 Å². The Hall–Kier alpha value is -1.89. The lowest BCUT2D eigenvalue weighted by atomic mass is 9.86. The number of morpholine rings is 1. The predicted octanol–water partition coefficient (Wildman–Crippen LogP) is 2.12. The third-order valence-electron chi connectivity index (χ3n) is 4.42. The molecule has 6 nitrogen and oxygen atoms in total. The summed E-state index contributed by atoms with van der Waals surface area (Å²) in [5, 5.41) is 13.9. The van der Waals surface area contributed by atoms with E-state index in [-0.39, 0.29) is 22.8 Å². The van der Waals surface area contributed by atoms with Crippen LogP contribution in [0.25, 0.3) is 0 Å². The fraction of sp³-hybridized carbons (Fsp3) is 0.412. The van der Waals surface area contributed by atoms with E-state index in [1.807, 2.05) is 26.0 Å². The number of amides is 1. The molecule has 2 saturated heterocycles. The van der Waals surface area contributed by atoms with Crippen LogP contribution in [0.5, 0.6) is 0 Å². The van der Waals surface area contributed by atoms with Crippen molar-refractivity contribution in [2.75, 3.05) is 11.9 Å². The Morgan fingerprint density at radius 1 is 1.42 bits per heavy atom. The minimum Gasteiger partial charge on any atom is -0.401 e. The monoisotopic (exact) mass is 348 g/mol. The van der Waals surface area contributed by atoms with Gasteiger partial charge in [-0.25, -0.2) is 0 Å². The Bertz CT molecular complexity index is 699. The standard InChI is InChI=1S/C17H21ClN4O2/c1-8(2)13(19)12(18)14(20)17(23)22-10-5-3-9(4-6-10)16-15-11(24-16)7-21-15/h3-6,8,11,15-16,20-21H,7,19H2,1-2H3,(H,22,23)/t11?,15-,16+/m1/s1. The SMILES string of the molecule is CC(C)C(N)=C(Cl)C(=N)C(=O)Nc1ccc([C@@H]2OC3CN[C@H]32)cc1. The average molecular weight is 349 g/mol. The van der Waals surface area contributed by atoms with Crippen molar-refractivity contribution in [1.29, 1.82) is 5.41 Å². The number of anilines is 1. The molecule has 1 amide bonds. The van der Waals surface area contributed by atoms with Crippen molar-refractivity contribution in [3.05, 3.63) is 40.6 Å². The number of benzene rings is 1. The summed E-state index contributed by atoms with van der Waals surface area (Å²) < 4.78 is 5.74. The molecule has 128 valence electrons. The summed E-state index contributed by atoms with van der Waals surface area (Å²) in [5.74, 6) is -0.617. The number of nitrogens with two attached hydrogens (primary N) is 1. The van der Waals surface area contributed by atoms with E-state index in [9.17, 15) is 4.79 Å². The number of rotatable bonds is 5. The van der Waals surface area contributed by atoms with Gasteiger partial charge < -0.3 is 21.1 Å². The molecular weight excluding hydrogens is 328 g/mol. The van der Waals surface area contributed by atoms with Gasteiger partial charge in [0.15, 0.2) is 0 Å². The molecule has 2 heterocycles. The maximum absolute atomic E-state index is 12.1. The lowest BCUT2D eigenvalue weighted by Gasteiger charge is -2.53. The van der Waals surface area contributed by atoms with Crippen LogP contribution >= 0.6 is 11.6 Å². The number of ether oxygens (including phenoxy) is 1. The second kappa shape index (κ2) is 6.55. The van der Waals surface area contributed by atoms with E-state index in [2.05, 4.69) is 10.6 Å². The van der Waals surface area contributed by atoms with Gasteiger partial charge in [-0.15, -0.1) is 0 Å². The van der Waals surface area contributed by atoms with Crippen LogP contribution in [-0.2, 0) is 9.53 Å². The van der Waals surface area contributed by atoms with Gasteiger partial charge in [0.05, 0.1) is 17.2 Å². The first-order chi connectivity index (χ1) is 11.4. The Balaban J connectivity index is 1.62. The van der Waals surface area contributed by atoms with Crippen molar-refractivity contribution in [1.82, 2.24) is 5.32 Å². The third-order valence-corrected chi connectivity index (χ3v) is 4.83. The molecule has 1 aromatic rings. The highest BCUT2D eigenvalue weighted by Crippen LogP contribution is 2.39. The second-order valence-electron chi connectivity index (χ2n) is 6.40. The average Bonchev–Trinajstić information content (AvgIpc) is 2.55. The number of halogens is 1. The minimum atomic E-state index is -0.586. The van der Waals surface area contributed by atoms with Gasteiger partial charge in [0, 0.05) is 17.9 Å². The van der Waals surface area contributed by atoms with Gasteiger partial charge in [-0.2, -0.15) is 0 Å². The van der Waals surface area contributed by atoms with Crippen LogP contribution in [0, 0.1) is 11.3 Å². The number of hydrogen-bond donors (Lipinski definition) is 4. The van der Waals surface area contributed by atoms with Gasteiger partial charge in [-0.3, -0.25) is 10.2 Å². The Kier molecular flexibility index (Phi) is 4.62. The molecule has 3 atom stereocenters. The van der Waals surface area contributed by atoms with Gasteiger partial charge in [-0.05, 0) is 23.6 Å². The Morgan fingerprint density at radius 2 is 2.08 bits per heavy atom. The first-order valence-electron chi connectivity index (χ1n) is 7.92. The summed E-state index contributed by atoms with van der Waals surface area (Å²) in [6.45, 7) is 4.63. The molecule has 0 aliphatic carbocycles. The van der Waals surface area contributed by atoms with Gasteiger partial charge in [0.25, 0.3) is 5.91 Å². The van der Waals surface area contributed by atoms with Crippen molar-refractivity contribution in [2.24, 2.45) is 11.7 Å². The zero-order chi connectivity index (χ0) is 17.4. The van der Waals surface area contributed by atoms with E-state index in [4.69, 9.17) is 27.5 Å². The zero-order valence-electron chi connectivity index (χ0n) is 13.6. The molecule has 1 unspecified atom stereocenters. The highest BCUT2D eigenvalue weighted by atomic mass is 35.5. The molecular formula is C17H21ClN4O2. The number of allylic oxidation sites excluding steroid dienone is 1. The van der Waals surface area contributed by atoms with Crippen LogP contribution in [0.3, 0.4) is 0 Å². The molecule has 2 aliphatic rings. The summed E-state index contributed by atoms with van der Waals surface area (Å²) in [6.07, 6.45) is 0.421. The molecule has 0 aromatic heterocycles. The largest absolute Gasteiger partial charge is 0.401 e. The van der Waals surface area contributed by atoms with E-state index in [0.717, 1.165) is 12.1 Å². The van der Waals surface area contributed by atoms with E-state index >= 15 is 0 Å². The quantitative estimate of drug-likeness (QED) is 0.612. The first kappa shape index (κ1) is 17.0. The minimum absolute atomic E-state index is 0.0101. The van der Waals surface area contributed by atoms with Gasteiger partial charge in [-0.1, -0.05) is 37.6 Å². The number of carbonyl (C=O) groups is 1. The lowest BCUT2D eigenvalue weighted by Crippen LogP contribution is -2.69. The lowest BCUT2D eigenvalue weighted by molar-refractivity contribution is -0.203. The number of nitrogens with one attached hydrogen (secondary N) is 3. The van der Waals surface area contributed by atoms with Crippen molar-refractivity contribution in [2.45, 2.75) is 32.1 Å². The van der Waals surface area contributed by atoms with Gasteiger partial charge >= 0.3 is 0 Å². The Labute approximate surface area is 145 Å². The molecule has 2 aliphatic heterocycles. The topological polar surface area (TPSA) is 100 Å². The molecule has 0 saturated carbocycles. The molecule has 0 radical (unpaired) electrons. The van der Waals surface area contributed by atoms with Crippen molar-refractivity contribution in [3.63, 3.8) is 0 Å². The summed E-state index contributed by atoms with van der Waals surface area (Å²) in [4.78, 5) is 12.1. The van der Waals surface area contributed by atoms with Crippen LogP contribution in [0.1, 0.15) is 25.5 Å². The van der Waals surface area contributed by atoms with Crippen molar-refractivity contribution >= 4 is 28.9 Å².